The summed E-state index contributed by atoms with van der Waals surface area (Å²) in [5, 5.41) is 10.0. The van der Waals surface area contributed by atoms with Crippen molar-refractivity contribution in [3.05, 3.63) is 65.7 Å². The number of benzene rings is 2. The van der Waals surface area contributed by atoms with Gasteiger partial charge in [-0.25, -0.2) is 0 Å². The predicted octanol–water partition coefficient (Wildman–Crippen LogP) is 2.48. The zero-order valence-electron chi connectivity index (χ0n) is 10.7. The van der Waals surface area contributed by atoms with Crippen LogP contribution >= 0.6 is 0 Å². The van der Waals surface area contributed by atoms with Crippen LogP contribution in [0.5, 0.6) is 5.75 Å². The standard InChI is InChI=1S/C16H16O3/c1-19-15-10-6-5-9-13(15)11-14(17)16(18)12-7-3-2-4-8-12/h2-10,14,17H,11H2,1H3. The van der Waals surface area contributed by atoms with Crippen molar-refractivity contribution in [2.24, 2.45) is 0 Å². The van der Waals surface area contributed by atoms with Gasteiger partial charge in [-0.1, -0.05) is 48.5 Å². The highest BCUT2D eigenvalue weighted by Crippen LogP contribution is 2.20. The van der Waals surface area contributed by atoms with E-state index >= 15 is 0 Å². The zero-order chi connectivity index (χ0) is 13.7. The lowest BCUT2D eigenvalue weighted by molar-refractivity contribution is 0.0747. The Morgan fingerprint density at radius 3 is 2.42 bits per heavy atom. The number of methoxy groups -OCH3 is 1. The van der Waals surface area contributed by atoms with Crippen LogP contribution in [0.1, 0.15) is 15.9 Å². The number of carbonyl (C=O) groups excluding carboxylic acids is 1. The molecule has 19 heavy (non-hydrogen) atoms. The second-order valence-electron chi connectivity index (χ2n) is 4.26. The van der Waals surface area contributed by atoms with E-state index in [2.05, 4.69) is 0 Å². The Morgan fingerprint density at radius 1 is 1.11 bits per heavy atom. The molecule has 0 saturated carbocycles. The molecule has 0 spiro atoms. The van der Waals surface area contributed by atoms with Gasteiger partial charge in [0.05, 0.1) is 7.11 Å². The predicted molar refractivity (Wildman–Crippen MR) is 73.5 cm³/mol. The fourth-order valence-corrected chi connectivity index (χ4v) is 1.97. The van der Waals surface area contributed by atoms with E-state index in [-0.39, 0.29) is 12.2 Å². The SMILES string of the molecule is COc1ccccc1CC(O)C(=O)c1ccccc1. The highest BCUT2D eigenvalue weighted by atomic mass is 16.5. The number of ketones is 1. The van der Waals surface area contributed by atoms with E-state index in [4.69, 9.17) is 4.74 Å². The molecule has 1 atom stereocenters. The van der Waals surface area contributed by atoms with E-state index in [1.807, 2.05) is 30.3 Å². The lowest BCUT2D eigenvalue weighted by Crippen LogP contribution is -2.23. The monoisotopic (exact) mass is 256 g/mol. The first-order valence-electron chi connectivity index (χ1n) is 6.11. The Labute approximate surface area is 112 Å². The molecular weight excluding hydrogens is 240 g/mol. The molecule has 98 valence electrons. The Kier molecular flexibility index (Phi) is 4.31. The molecule has 2 aromatic rings. The Hall–Kier alpha value is -2.13. The fraction of sp³-hybridized carbons (Fsp3) is 0.188. The number of aliphatic hydroxyl groups excluding tert-OH is 1. The van der Waals surface area contributed by atoms with E-state index in [0.717, 1.165) is 5.56 Å². The van der Waals surface area contributed by atoms with Gasteiger partial charge < -0.3 is 9.84 Å². The van der Waals surface area contributed by atoms with Crippen molar-refractivity contribution in [1.82, 2.24) is 0 Å². The van der Waals surface area contributed by atoms with Crippen LogP contribution in [-0.2, 0) is 6.42 Å². The molecule has 3 heteroatoms. The minimum Gasteiger partial charge on any atom is -0.496 e. The summed E-state index contributed by atoms with van der Waals surface area (Å²) in [6.07, 6.45) is -0.809. The third kappa shape index (κ3) is 3.20. The van der Waals surface area contributed by atoms with E-state index in [1.165, 1.54) is 0 Å². The zero-order valence-corrected chi connectivity index (χ0v) is 10.7. The lowest BCUT2D eigenvalue weighted by Gasteiger charge is -2.12. The molecule has 0 saturated heterocycles. The van der Waals surface area contributed by atoms with Gasteiger partial charge in [0, 0.05) is 12.0 Å². The van der Waals surface area contributed by atoms with Crippen molar-refractivity contribution in [3.63, 3.8) is 0 Å². The van der Waals surface area contributed by atoms with Crippen molar-refractivity contribution in [2.75, 3.05) is 7.11 Å². The number of aliphatic hydroxyl groups is 1. The molecule has 0 heterocycles. The topological polar surface area (TPSA) is 46.5 Å². The summed E-state index contributed by atoms with van der Waals surface area (Å²) in [5.74, 6) is 0.411. The first kappa shape index (κ1) is 13.3. The Balaban J connectivity index is 2.13. The maximum atomic E-state index is 12.1. The van der Waals surface area contributed by atoms with Crippen LogP contribution in [0, 0.1) is 0 Å². The number of ether oxygens (including phenoxy) is 1. The molecule has 0 aliphatic carbocycles. The molecule has 0 fully saturated rings. The highest BCUT2D eigenvalue weighted by molar-refractivity contribution is 5.99. The third-order valence-corrected chi connectivity index (χ3v) is 2.97. The summed E-state index contributed by atoms with van der Waals surface area (Å²) in [5.41, 5.74) is 1.34. The Morgan fingerprint density at radius 2 is 1.74 bits per heavy atom. The number of hydrogen-bond acceptors (Lipinski definition) is 3. The molecular formula is C16H16O3. The Bertz CT molecular complexity index is 549. The summed E-state index contributed by atoms with van der Waals surface area (Å²) >= 11 is 0. The van der Waals surface area contributed by atoms with Gasteiger partial charge in [0.25, 0.3) is 0 Å². The van der Waals surface area contributed by atoms with Gasteiger partial charge in [-0.15, -0.1) is 0 Å². The molecule has 0 aliphatic rings. The van der Waals surface area contributed by atoms with Crippen LogP contribution in [0.2, 0.25) is 0 Å². The molecule has 0 aliphatic heterocycles. The maximum absolute atomic E-state index is 12.1. The molecule has 0 amide bonds. The quantitative estimate of drug-likeness (QED) is 0.836. The molecule has 0 radical (unpaired) electrons. The minimum absolute atomic E-state index is 0.248. The molecule has 0 aromatic heterocycles. The first-order valence-corrected chi connectivity index (χ1v) is 6.11. The van der Waals surface area contributed by atoms with E-state index in [1.54, 1.807) is 31.4 Å². The van der Waals surface area contributed by atoms with E-state index in [9.17, 15) is 9.90 Å². The summed E-state index contributed by atoms with van der Waals surface area (Å²) in [7, 11) is 1.57. The number of hydrogen-bond donors (Lipinski definition) is 1. The van der Waals surface area contributed by atoms with Gasteiger partial charge in [-0.3, -0.25) is 4.79 Å². The minimum atomic E-state index is -1.06. The highest BCUT2D eigenvalue weighted by Gasteiger charge is 2.18. The van der Waals surface area contributed by atoms with Gasteiger partial charge in [0.2, 0.25) is 0 Å². The van der Waals surface area contributed by atoms with Crippen LogP contribution in [-0.4, -0.2) is 24.1 Å². The summed E-state index contributed by atoms with van der Waals surface area (Å²) in [6, 6.07) is 16.2. The number of carbonyl (C=O) groups is 1. The van der Waals surface area contributed by atoms with Crippen molar-refractivity contribution in [2.45, 2.75) is 12.5 Å². The second kappa shape index (κ2) is 6.16. The van der Waals surface area contributed by atoms with E-state index < -0.39 is 6.10 Å². The first-order chi connectivity index (χ1) is 9.22. The molecule has 3 nitrogen and oxygen atoms in total. The van der Waals surface area contributed by atoms with Crippen LogP contribution in [0.4, 0.5) is 0 Å². The van der Waals surface area contributed by atoms with Crippen LogP contribution in [0.3, 0.4) is 0 Å². The van der Waals surface area contributed by atoms with Gasteiger partial charge in [0.15, 0.2) is 5.78 Å². The van der Waals surface area contributed by atoms with E-state index in [0.29, 0.717) is 11.3 Å². The van der Waals surface area contributed by atoms with Gasteiger partial charge in [-0.05, 0) is 11.6 Å². The van der Waals surface area contributed by atoms with Crippen LogP contribution < -0.4 is 4.74 Å². The van der Waals surface area contributed by atoms with Crippen LogP contribution in [0.15, 0.2) is 54.6 Å². The number of rotatable bonds is 5. The molecule has 1 N–H and O–H groups in total. The number of para-hydroxylation sites is 1. The molecule has 2 aromatic carbocycles. The summed E-state index contributed by atoms with van der Waals surface area (Å²) < 4.78 is 5.21. The smallest absolute Gasteiger partial charge is 0.191 e. The summed E-state index contributed by atoms with van der Waals surface area (Å²) in [4.78, 5) is 12.1. The van der Waals surface area contributed by atoms with Crippen molar-refractivity contribution < 1.29 is 14.6 Å². The number of Topliss-reactive ketones (excluding diaryl/α,β-unsaturated/α-hetero) is 1. The van der Waals surface area contributed by atoms with Gasteiger partial charge >= 0.3 is 0 Å². The third-order valence-electron chi connectivity index (χ3n) is 2.97. The summed E-state index contributed by atoms with van der Waals surface area (Å²) in [6.45, 7) is 0. The average molecular weight is 256 g/mol. The van der Waals surface area contributed by atoms with Crippen LogP contribution in [0.25, 0.3) is 0 Å². The second-order valence-corrected chi connectivity index (χ2v) is 4.26. The molecule has 0 bridgehead atoms. The van der Waals surface area contributed by atoms with Crippen molar-refractivity contribution >= 4 is 5.78 Å². The molecule has 1 unspecified atom stereocenters. The lowest BCUT2D eigenvalue weighted by atomic mass is 9.99. The van der Waals surface area contributed by atoms with Gasteiger partial charge in [-0.2, -0.15) is 0 Å². The normalized spacial score (nSPS) is 11.9. The van der Waals surface area contributed by atoms with Crippen molar-refractivity contribution in [1.29, 1.82) is 0 Å². The largest absolute Gasteiger partial charge is 0.496 e. The van der Waals surface area contributed by atoms with Gasteiger partial charge in [0.1, 0.15) is 11.9 Å². The fourth-order valence-electron chi connectivity index (χ4n) is 1.97. The molecule has 2 rings (SSSR count). The maximum Gasteiger partial charge on any atom is 0.191 e. The average Bonchev–Trinajstić information content (AvgIpc) is 2.48. The van der Waals surface area contributed by atoms with Crippen molar-refractivity contribution in [3.8, 4) is 5.75 Å².